The first-order valence-electron chi connectivity index (χ1n) is 4.59. The molecule has 2 aliphatic heterocycles. The van der Waals surface area contributed by atoms with Crippen molar-refractivity contribution < 1.29 is 0 Å². The van der Waals surface area contributed by atoms with Crippen molar-refractivity contribution in [3.63, 3.8) is 0 Å². The highest BCUT2D eigenvalue weighted by Gasteiger charge is 2.44. The highest BCUT2D eigenvalue weighted by molar-refractivity contribution is 5.13. The molecule has 2 heterocycles. The largest absolute Gasteiger partial charge is 0.312 e. The topological polar surface area (TPSA) is 53.0 Å². The quantitative estimate of drug-likeness (QED) is 0.562. The van der Waals surface area contributed by atoms with Crippen LogP contribution in [0.4, 0.5) is 0 Å². The van der Waals surface area contributed by atoms with Gasteiger partial charge in [-0.1, -0.05) is 0 Å². The summed E-state index contributed by atoms with van der Waals surface area (Å²) >= 11 is 0. The van der Waals surface area contributed by atoms with E-state index in [1.807, 2.05) is 0 Å². The van der Waals surface area contributed by atoms with Crippen LogP contribution in [0.3, 0.4) is 0 Å². The number of hydrogen-bond donors (Lipinski definition) is 1. The Labute approximate surface area is 73.1 Å². The second-order valence-corrected chi connectivity index (χ2v) is 4.23. The zero-order chi connectivity index (χ0) is 8.77. The molecule has 0 amide bonds. The fraction of sp³-hybridized carbons (Fsp3) is 0.889. The Kier molecular flexibility index (Phi) is 1.64. The number of nitriles is 1. The van der Waals surface area contributed by atoms with E-state index >= 15 is 0 Å². The van der Waals surface area contributed by atoms with Gasteiger partial charge in [-0.2, -0.15) is 5.26 Å². The number of fused-ring (bicyclic) bond motifs is 2. The Morgan fingerprint density at radius 3 is 3.00 bits per heavy atom. The molecule has 2 aliphatic rings. The van der Waals surface area contributed by atoms with Crippen molar-refractivity contribution in [3.05, 3.63) is 0 Å². The predicted octanol–water partition coefficient (Wildman–Crippen LogP) is 0.322. The number of rotatable bonds is 0. The summed E-state index contributed by atoms with van der Waals surface area (Å²) < 4.78 is 0. The summed E-state index contributed by atoms with van der Waals surface area (Å²) in [5, 5.41) is 8.90. The lowest BCUT2D eigenvalue weighted by molar-refractivity contribution is 0.144. The molecule has 2 bridgehead atoms. The maximum Gasteiger partial charge on any atom is 0.117 e. The Hall–Kier alpha value is -0.590. The fourth-order valence-corrected chi connectivity index (χ4v) is 2.55. The zero-order valence-corrected chi connectivity index (χ0v) is 7.45. The Morgan fingerprint density at radius 1 is 1.67 bits per heavy atom. The monoisotopic (exact) mass is 165 g/mol. The first-order valence-corrected chi connectivity index (χ1v) is 4.59. The molecule has 2 unspecified atom stereocenters. The summed E-state index contributed by atoms with van der Waals surface area (Å²) in [7, 11) is 0. The lowest BCUT2D eigenvalue weighted by atomic mass is 9.82. The summed E-state index contributed by atoms with van der Waals surface area (Å²) in [6.45, 7) is 4.14. The van der Waals surface area contributed by atoms with Crippen molar-refractivity contribution in [1.29, 1.82) is 5.26 Å². The van der Waals surface area contributed by atoms with Crippen LogP contribution in [0.25, 0.3) is 0 Å². The van der Waals surface area contributed by atoms with Gasteiger partial charge in [0.25, 0.3) is 0 Å². The molecule has 2 N–H and O–H groups in total. The molecule has 0 spiro atoms. The van der Waals surface area contributed by atoms with E-state index in [9.17, 15) is 0 Å². The van der Waals surface area contributed by atoms with Crippen LogP contribution in [0.5, 0.6) is 0 Å². The second-order valence-electron chi connectivity index (χ2n) is 4.23. The Bertz CT molecular complexity index is 216. The van der Waals surface area contributed by atoms with Gasteiger partial charge in [0.1, 0.15) is 5.54 Å². The summed E-state index contributed by atoms with van der Waals surface area (Å²) in [4.78, 5) is 2.34. The molecule has 0 aromatic heterocycles. The van der Waals surface area contributed by atoms with Crippen LogP contribution in [0.15, 0.2) is 0 Å². The minimum absolute atomic E-state index is 0.562. The first-order chi connectivity index (χ1) is 5.64. The number of nitrogens with zero attached hydrogens (tertiary/aromatic N) is 2. The van der Waals surface area contributed by atoms with Gasteiger partial charge < -0.3 is 5.73 Å². The average Bonchev–Trinajstić information content (AvgIpc) is 2.32. The van der Waals surface area contributed by atoms with Crippen molar-refractivity contribution in [2.45, 2.75) is 31.3 Å². The van der Waals surface area contributed by atoms with Gasteiger partial charge in [-0.25, -0.2) is 0 Å². The predicted molar refractivity (Wildman–Crippen MR) is 46.3 cm³/mol. The van der Waals surface area contributed by atoms with Gasteiger partial charge in [-0.05, 0) is 32.2 Å². The van der Waals surface area contributed by atoms with E-state index in [0.29, 0.717) is 12.0 Å². The summed E-state index contributed by atoms with van der Waals surface area (Å²) in [5.74, 6) is 0.656. The van der Waals surface area contributed by atoms with E-state index < -0.39 is 5.54 Å². The van der Waals surface area contributed by atoms with Crippen molar-refractivity contribution in [2.75, 3.05) is 13.1 Å². The maximum absolute atomic E-state index is 8.90. The standard InChI is InChI=1S/C9H15N3/c1-7-8-2-3-12(7)6-9(11,4-8)5-10/h7-8H,2-4,6,11H2,1H3/t7?,8-,9-/m0/s1. The number of piperidine rings is 1. The van der Waals surface area contributed by atoms with Crippen molar-refractivity contribution >= 4 is 0 Å². The van der Waals surface area contributed by atoms with Crippen molar-refractivity contribution in [1.82, 2.24) is 4.90 Å². The molecule has 66 valence electrons. The minimum Gasteiger partial charge on any atom is -0.312 e. The van der Waals surface area contributed by atoms with Crippen LogP contribution < -0.4 is 5.73 Å². The lowest BCUT2D eigenvalue weighted by Crippen LogP contribution is -2.55. The summed E-state index contributed by atoms with van der Waals surface area (Å²) in [6.07, 6.45) is 2.11. The van der Waals surface area contributed by atoms with Crippen LogP contribution in [-0.4, -0.2) is 29.6 Å². The first kappa shape index (κ1) is 8.03. The van der Waals surface area contributed by atoms with Crippen LogP contribution in [-0.2, 0) is 0 Å². The average molecular weight is 165 g/mol. The van der Waals surface area contributed by atoms with Gasteiger partial charge in [-0.15, -0.1) is 0 Å². The number of hydrogen-bond acceptors (Lipinski definition) is 3. The summed E-state index contributed by atoms with van der Waals surface area (Å²) in [5.41, 5.74) is 5.38. The van der Waals surface area contributed by atoms with E-state index in [0.717, 1.165) is 19.5 Å². The molecule has 3 nitrogen and oxygen atoms in total. The van der Waals surface area contributed by atoms with Gasteiger partial charge in [0.2, 0.25) is 0 Å². The molecule has 4 atom stereocenters. The molecular weight excluding hydrogens is 150 g/mol. The maximum atomic E-state index is 8.90. The third-order valence-electron chi connectivity index (χ3n) is 3.38. The number of nitrogens with two attached hydrogens (primary N) is 1. The Morgan fingerprint density at radius 2 is 2.42 bits per heavy atom. The van der Waals surface area contributed by atoms with E-state index in [1.165, 1.54) is 6.42 Å². The summed E-state index contributed by atoms with van der Waals surface area (Å²) in [6, 6.07) is 2.89. The van der Waals surface area contributed by atoms with Gasteiger partial charge in [-0.3, -0.25) is 4.90 Å². The molecule has 2 fully saturated rings. The van der Waals surface area contributed by atoms with E-state index in [4.69, 9.17) is 11.0 Å². The van der Waals surface area contributed by atoms with Gasteiger partial charge in [0, 0.05) is 12.6 Å². The smallest absolute Gasteiger partial charge is 0.117 e. The third kappa shape index (κ3) is 1.03. The minimum atomic E-state index is -0.562. The highest BCUT2D eigenvalue weighted by atomic mass is 15.2. The molecule has 3 heteroatoms. The molecule has 0 radical (unpaired) electrons. The van der Waals surface area contributed by atoms with Crippen molar-refractivity contribution in [2.24, 2.45) is 11.7 Å². The molecule has 12 heavy (non-hydrogen) atoms. The normalized spacial score (nSPS) is 51.9. The molecule has 0 aromatic rings. The molecule has 0 aliphatic carbocycles. The van der Waals surface area contributed by atoms with Gasteiger partial charge in [0.05, 0.1) is 6.07 Å². The molecule has 0 saturated carbocycles. The lowest BCUT2D eigenvalue weighted by Gasteiger charge is -2.38. The van der Waals surface area contributed by atoms with E-state index in [1.54, 1.807) is 0 Å². The molecule has 0 aromatic carbocycles. The van der Waals surface area contributed by atoms with Gasteiger partial charge in [0.15, 0.2) is 0 Å². The van der Waals surface area contributed by atoms with Crippen LogP contribution in [0.1, 0.15) is 19.8 Å². The van der Waals surface area contributed by atoms with Crippen molar-refractivity contribution in [3.8, 4) is 6.07 Å². The van der Waals surface area contributed by atoms with E-state index in [-0.39, 0.29) is 0 Å². The van der Waals surface area contributed by atoms with Crippen LogP contribution in [0.2, 0.25) is 0 Å². The third-order valence-corrected chi connectivity index (χ3v) is 3.38. The molecule has 2 saturated heterocycles. The van der Waals surface area contributed by atoms with Crippen LogP contribution >= 0.6 is 0 Å². The second kappa shape index (κ2) is 2.45. The Balaban J connectivity index is 2.18. The van der Waals surface area contributed by atoms with E-state index in [2.05, 4.69) is 17.9 Å². The highest BCUT2D eigenvalue weighted by Crippen LogP contribution is 2.36. The van der Waals surface area contributed by atoms with Gasteiger partial charge >= 0.3 is 0 Å². The molecular formula is C9H15N3. The SMILES string of the molecule is CC1[C@H]2CCN1C[C@@](N)(C#N)C2. The zero-order valence-electron chi connectivity index (χ0n) is 7.45. The fourth-order valence-electron chi connectivity index (χ4n) is 2.55. The molecule has 2 rings (SSSR count). The van der Waals surface area contributed by atoms with Crippen LogP contribution in [0, 0.1) is 17.2 Å².